The second-order valence-corrected chi connectivity index (χ2v) is 24.8. The van der Waals surface area contributed by atoms with Crippen LogP contribution < -0.4 is 4.72 Å². The quantitative estimate of drug-likeness (QED) is 0.124. The normalized spacial score (nSPS) is 39.1. The third kappa shape index (κ3) is 15.1. The number of ether oxygens (including phenoxy) is 6. The van der Waals surface area contributed by atoms with Gasteiger partial charge in [-0.2, -0.15) is 0 Å². The summed E-state index contributed by atoms with van der Waals surface area (Å²) in [6.07, 6.45) is -5.53. The number of esters is 1. The molecule has 6 N–H and O–H groups in total. The number of nitrogens with zero attached hydrogens (tertiary/aromatic N) is 5. The first kappa shape index (κ1) is 63.0. The summed E-state index contributed by atoms with van der Waals surface area (Å²) in [5.74, 6) is -3.33. The van der Waals surface area contributed by atoms with Gasteiger partial charge in [0, 0.05) is 70.9 Å². The number of benzene rings is 1. The zero-order chi connectivity index (χ0) is 56.1. The minimum absolute atomic E-state index is 0.109. The van der Waals surface area contributed by atoms with Crippen molar-refractivity contribution in [2.45, 2.75) is 204 Å². The van der Waals surface area contributed by atoms with Crippen molar-refractivity contribution in [1.29, 1.82) is 0 Å². The first-order valence-electron chi connectivity index (χ1n) is 26.6. The predicted molar refractivity (Wildman–Crippen MR) is 278 cm³/mol. The van der Waals surface area contributed by atoms with Crippen molar-refractivity contribution in [2.24, 2.45) is 23.7 Å². The zero-order valence-electron chi connectivity index (χ0n) is 47.0. The predicted octanol–water partition coefficient (Wildman–Crippen LogP) is 3.33. The van der Waals surface area contributed by atoms with E-state index < -0.39 is 137 Å². The van der Waals surface area contributed by atoms with Gasteiger partial charge in [0.2, 0.25) is 10.0 Å². The number of nitrogens with one attached hydrogen (secondary N) is 1. The second kappa shape index (κ2) is 26.0. The maximum atomic E-state index is 14.8. The summed E-state index contributed by atoms with van der Waals surface area (Å²) >= 11 is 0. The molecule has 3 fully saturated rings. The van der Waals surface area contributed by atoms with Gasteiger partial charge in [-0.25, -0.2) is 22.2 Å². The number of alkyl halides is 1. The number of rotatable bonds is 17. The zero-order valence-corrected chi connectivity index (χ0v) is 47.8. The van der Waals surface area contributed by atoms with Crippen LogP contribution in [0.1, 0.15) is 124 Å². The van der Waals surface area contributed by atoms with E-state index in [-0.39, 0.29) is 31.7 Å². The highest BCUT2D eigenvalue weighted by molar-refractivity contribution is 7.88. The Bertz CT molecular complexity index is 2230. The Balaban J connectivity index is 1.43. The van der Waals surface area contributed by atoms with E-state index in [4.69, 9.17) is 28.4 Å². The van der Waals surface area contributed by atoms with Crippen LogP contribution in [0, 0.1) is 23.7 Å². The number of aliphatic hydroxyl groups excluding tert-OH is 3. The number of cyclic esters (lactones) is 1. The SMILES string of the molecule is CC[C@H]1OC(=O)[C@H](C)[C@@H](C2C[C@@](C)(OC)[C@@H](O)[C@H](C)O2)[C@H](C)[C@@H](O[C@@H]2O[C@H](C)C[C@H](N(C)CCc3cn([C@H](CF)[C@H](OC)c4ccc(CNS(C)(=O)=O)cc4)nn3)[C@H]2O)[C@](C)(O)C[C@@H](C)CN(C)[C@H](C)[C@@H](O)[C@]1(C)O. The summed E-state index contributed by atoms with van der Waals surface area (Å²) in [5.41, 5.74) is -2.59. The molecule has 3 saturated heterocycles. The minimum Gasteiger partial charge on any atom is -0.459 e. The third-order valence-electron chi connectivity index (χ3n) is 16.7. The van der Waals surface area contributed by atoms with Gasteiger partial charge < -0.3 is 63.8 Å². The second-order valence-electron chi connectivity index (χ2n) is 22.9. The molecular weight excluding hydrogens is 996 g/mol. The lowest BCUT2D eigenvalue weighted by Gasteiger charge is -2.51. The molecule has 5 rings (SSSR count). The Labute approximate surface area is 444 Å². The van der Waals surface area contributed by atoms with Crippen molar-refractivity contribution in [1.82, 2.24) is 29.5 Å². The summed E-state index contributed by atoms with van der Waals surface area (Å²) < 4.78 is 79.8. The van der Waals surface area contributed by atoms with Crippen LogP contribution >= 0.6 is 0 Å². The number of aliphatic hydroxyl groups is 5. The van der Waals surface area contributed by atoms with Crippen LogP contribution in [0.15, 0.2) is 30.5 Å². The van der Waals surface area contributed by atoms with Crippen molar-refractivity contribution in [3.05, 3.63) is 47.3 Å². The lowest BCUT2D eigenvalue weighted by molar-refractivity contribution is -0.302. The number of halogens is 1. The number of hydrogen-bond donors (Lipinski definition) is 6. The topological polar surface area (TPSA) is 257 Å². The van der Waals surface area contributed by atoms with Crippen LogP contribution in [-0.2, 0) is 56.2 Å². The molecule has 0 radical (unpaired) electrons. The van der Waals surface area contributed by atoms with E-state index in [1.54, 1.807) is 72.0 Å². The highest BCUT2D eigenvalue weighted by atomic mass is 32.2. The van der Waals surface area contributed by atoms with Crippen LogP contribution in [0.4, 0.5) is 4.39 Å². The van der Waals surface area contributed by atoms with Crippen LogP contribution in [0.3, 0.4) is 0 Å². The molecule has 3 aliphatic rings. The van der Waals surface area contributed by atoms with Gasteiger partial charge in [-0.3, -0.25) is 4.79 Å². The molecule has 1 aromatic carbocycles. The molecule has 1 unspecified atom stereocenters. The largest absolute Gasteiger partial charge is 0.459 e. The number of likely N-dealkylation sites (N-methyl/N-ethyl adjacent to an activating group) is 2. The first-order chi connectivity index (χ1) is 34.9. The van der Waals surface area contributed by atoms with Crippen molar-refractivity contribution in [2.75, 3.05) is 54.3 Å². The molecule has 4 heterocycles. The molecule has 2 aromatic rings. The van der Waals surface area contributed by atoms with E-state index in [1.165, 1.54) is 25.8 Å². The highest BCUT2D eigenvalue weighted by Gasteiger charge is 2.55. The summed E-state index contributed by atoms with van der Waals surface area (Å²) in [7, 11) is 3.31. The van der Waals surface area contributed by atoms with E-state index in [1.807, 2.05) is 44.7 Å². The number of aromatic nitrogens is 3. The van der Waals surface area contributed by atoms with E-state index in [0.717, 1.165) is 11.8 Å². The highest BCUT2D eigenvalue weighted by Crippen LogP contribution is 2.45. The van der Waals surface area contributed by atoms with Gasteiger partial charge in [0.05, 0.1) is 53.5 Å². The average Bonchev–Trinajstić information content (AvgIpc) is 3.82. The Hall–Kier alpha value is -2.81. The fourth-order valence-electron chi connectivity index (χ4n) is 12.1. The Morgan fingerprint density at radius 1 is 1.00 bits per heavy atom. The number of sulfonamides is 1. The Morgan fingerprint density at radius 2 is 1.65 bits per heavy atom. The first-order valence-corrected chi connectivity index (χ1v) is 28.5. The lowest BCUT2D eigenvalue weighted by atomic mass is 9.68. The van der Waals surface area contributed by atoms with Crippen LogP contribution in [-0.4, -0.2) is 203 Å². The van der Waals surface area contributed by atoms with Crippen LogP contribution in [0.5, 0.6) is 0 Å². The van der Waals surface area contributed by atoms with Crippen molar-refractivity contribution in [3.8, 4) is 0 Å². The van der Waals surface area contributed by atoms with Gasteiger partial charge in [0.1, 0.15) is 48.8 Å². The summed E-state index contributed by atoms with van der Waals surface area (Å²) in [6, 6.07) is 5.08. The third-order valence-corrected chi connectivity index (χ3v) is 17.4. The molecule has 75 heavy (non-hydrogen) atoms. The van der Waals surface area contributed by atoms with E-state index in [2.05, 4.69) is 15.0 Å². The fraction of sp³-hybridized carbons (Fsp3) is 0.830. The standard InChI is InChI=1S/C53H91FN6O14S/c1-16-42-53(10,66)46(62)34(6)59(12)28-30(2)24-51(8,65)48(32(4)43(33(5)49(64)73-42)41-25-52(9,70-14)47(63)35(7)72-41)74-50-44(61)39(23-31(3)71-50)58(11)22-21-38-29-60(57-56-38)40(26-54)45(69-13)37-19-17-36(18-20-37)27-55-75(15,67)68/h17-20,29-35,39-48,50,55,61-63,65-66H,16,21-28H2,1-15H3/t30-,31-,32+,33-,34-,35+,39+,40-,41?,42-,43+,44-,45-,46-,47+,48-,50+,51-,52-,53-/m1/s1. The molecule has 20 atom stereocenters. The maximum Gasteiger partial charge on any atom is 0.309 e. The molecule has 20 nitrogen and oxygen atoms in total. The van der Waals surface area contributed by atoms with E-state index in [0.29, 0.717) is 37.2 Å². The smallest absolute Gasteiger partial charge is 0.309 e. The molecule has 0 bridgehead atoms. The summed E-state index contributed by atoms with van der Waals surface area (Å²) in [6.45, 7) is 17.8. The number of methoxy groups -OCH3 is 2. The van der Waals surface area contributed by atoms with Gasteiger partial charge in [-0.1, -0.05) is 57.2 Å². The monoisotopic (exact) mass is 1090 g/mol. The molecular formula is C53H91FN6O14S. The summed E-state index contributed by atoms with van der Waals surface area (Å²) in [5, 5.41) is 68.9. The van der Waals surface area contributed by atoms with E-state index >= 15 is 0 Å². The maximum absolute atomic E-state index is 14.8. The van der Waals surface area contributed by atoms with Crippen molar-refractivity contribution in [3.63, 3.8) is 0 Å². The van der Waals surface area contributed by atoms with Crippen LogP contribution in [0.25, 0.3) is 0 Å². The Morgan fingerprint density at radius 3 is 2.24 bits per heavy atom. The lowest BCUT2D eigenvalue weighted by Crippen LogP contribution is -2.62. The average molecular weight is 1090 g/mol. The van der Waals surface area contributed by atoms with Gasteiger partial charge in [0.25, 0.3) is 0 Å². The molecule has 430 valence electrons. The number of hydrogen-bond acceptors (Lipinski definition) is 18. The van der Waals surface area contributed by atoms with Gasteiger partial charge in [-0.15, -0.1) is 5.10 Å². The summed E-state index contributed by atoms with van der Waals surface area (Å²) in [4.78, 5) is 18.5. The molecule has 0 amide bonds. The molecule has 1 aromatic heterocycles. The van der Waals surface area contributed by atoms with E-state index in [9.17, 15) is 43.1 Å². The van der Waals surface area contributed by atoms with Gasteiger partial charge in [0.15, 0.2) is 6.29 Å². The fourth-order valence-corrected chi connectivity index (χ4v) is 12.5. The molecule has 3 aliphatic heterocycles. The minimum atomic E-state index is -3.39. The molecule has 22 heteroatoms. The Kier molecular flexibility index (Phi) is 21.8. The van der Waals surface area contributed by atoms with Crippen molar-refractivity contribution < 1.29 is 71.6 Å². The van der Waals surface area contributed by atoms with Crippen molar-refractivity contribution >= 4 is 16.0 Å². The molecule has 0 aliphatic carbocycles. The molecule has 0 spiro atoms. The number of carbonyl (C=O) groups excluding carboxylic acids is 1. The van der Waals surface area contributed by atoms with Gasteiger partial charge >= 0.3 is 5.97 Å². The number of carbonyl (C=O) groups is 1. The van der Waals surface area contributed by atoms with Gasteiger partial charge in [-0.05, 0) is 97.9 Å². The van der Waals surface area contributed by atoms with Crippen LogP contribution in [0.2, 0.25) is 0 Å². The molecule has 0 saturated carbocycles.